The molecule has 1 aromatic carbocycles. The topological polar surface area (TPSA) is 52.6 Å². The van der Waals surface area contributed by atoms with E-state index in [2.05, 4.69) is 35.9 Å². The van der Waals surface area contributed by atoms with Crippen LogP contribution in [0.3, 0.4) is 0 Å². The summed E-state index contributed by atoms with van der Waals surface area (Å²) >= 11 is 0. The molecule has 1 rings (SSSR count). The lowest BCUT2D eigenvalue weighted by atomic mass is 10.0. The van der Waals surface area contributed by atoms with E-state index in [1.807, 2.05) is 32.2 Å². The van der Waals surface area contributed by atoms with Crippen LogP contribution in [0, 0.1) is 18.8 Å². The molecule has 4 heteroatoms. The summed E-state index contributed by atoms with van der Waals surface area (Å²) in [6.45, 7) is 7.35. The van der Waals surface area contributed by atoms with Crippen LogP contribution in [0.1, 0.15) is 35.3 Å². The number of carbonyl (C=O) groups excluding carboxylic acids is 1. The minimum absolute atomic E-state index is 0.127. The normalized spacial score (nSPS) is 10.4. The fourth-order valence-corrected chi connectivity index (χ4v) is 1.79. The van der Waals surface area contributed by atoms with Crippen molar-refractivity contribution in [3.63, 3.8) is 0 Å². The van der Waals surface area contributed by atoms with Crippen molar-refractivity contribution in [1.82, 2.24) is 10.2 Å². The Hall–Kier alpha value is -1.83. The van der Waals surface area contributed by atoms with Crippen molar-refractivity contribution < 1.29 is 9.90 Å². The molecule has 1 amide bonds. The SMILES string of the molecule is Cc1ccc(C#CCO)c(C(=O)NCCN(C)C(C)C)c1. The van der Waals surface area contributed by atoms with Crippen molar-refractivity contribution in [2.24, 2.45) is 0 Å². The van der Waals surface area contributed by atoms with E-state index in [1.54, 1.807) is 0 Å². The summed E-state index contributed by atoms with van der Waals surface area (Å²) in [7, 11) is 2.03. The van der Waals surface area contributed by atoms with Crippen molar-refractivity contribution in [2.45, 2.75) is 26.8 Å². The Labute approximate surface area is 127 Å². The molecular formula is C17H24N2O2. The largest absolute Gasteiger partial charge is 0.384 e. The number of aliphatic hydroxyl groups excluding tert-OH is 1. The van der Waals surface area contributed by atoms with Crippen molar-refractivity contribution >= 4 is 5.91 Å². The monoisotopic (exact) mass is 288 g/mol. The van der Waals surface area contributed by atoms with E-state index in [9.17, 15) is 4.79 Å². The Morgan fingerprint density at radius 3 is 2.76 bits per heavy atom. The standard InChI is InChI=1S/C17H24N2O2/c1-13(2)19(4)10-9-18-17(21)16-12-14(3)7-8-15(16)6-5-11-20/h7-8,12-13,20H,9-11H2,1-4H3,(H,18,21). The third-order valence-corrected chi connectivity index (χ3v) is 3.35. The summed E-state index contributed by atoms with van der Waals surface area (Å²) in [6, 6.07) is 5.99. The molecule has 0 atom stereocenters. The van der Waals surface area contributed by atoms with E-state index in [0.29, 0.717) is 23.7 Å². The quantitative estimate of drug-likeness (QED) is 0.806. The second-order valence-electron chi connectivity index (χ2n) is 5.34. The fourth-order valence-electron chi connectivity index (χ4n) is 1.79. The third kappa shape index (κ3) is 5.58. The van der Waals surface area contributed by atoms with Gasteiger partial charge in [-0.1, -0.05) is 23.5 Å². The molecular weight excluding hydrogens is 264 g/mol. The minimum atomic E-state index is -0.214. The van der Waals surface area contributed by atoms with Crippen LogP contribution in [0.25, 0.3) is 0 Å². The molecule has 0 aliphatic heterocycles. The highest BCUT2D eigenvalue weighted by Gasteiger charge is 2.11. The molecule has 0 aromatic heterocycles. The van der Waals surface area contributed by atoms with Gasteiger partial charge in [0, 0.05) is 24.7 Å². The van der Waals surface area contributed by atoms with E-state index in [4.69, 9.17) is 5.11 Å². The van der Waals surface area contributed by atoms with E-state index in [-0.39, 0.29) is 12.5 Å². The zero-order valence-electron chi connectivity index (χ0n) is 13.2. The maximum Gasteiger partial charge on any atom is 0.252 e. The van der Waals surface area contributed by atoms with E-state index in [0.717, 1.165) is 12.1 Å². The van der Waals surface area contributed by atoms with Crippen molar-refractivity contribution in [1.29, 1.82) is 0 Å². The number of aryl methyl sites for hydroxylation is 1. The van der Waals surface area contributed by atoms with Gasteiger partial charge < -0.3 is 15.3 Å². The first-order valence-corrected chi connectivity index (χ1v) is 7.14. The number of hydrogen-bond acceptors (Lipinski definition) is 3. The average Bonchev–Trinajstić information content (AvgIpc) is 2.45. The summed E-state index contributed by atoms with van der Waals surface area (Å²) < 4.78 is 0. The first-order chi connectivity index (χ1) is 9.95. The van der Waals surface area contributed by atoms with E-state index in [1.165, 1.54) is 0 Å². The van der Waals surface area contributed by atoms with Gasteiger partial charge in [0.15, 0.2) is 0 Å². The number of rotatable bonds is 5. The van der Waals surface area contributed by atoms with Gasteiger partial charge in [-0.2, -0.15) is 0 Å². The Bertz CT molecular complexity index is 541. The molecule has 0 radical (unpaired) electrons. The smallest absolute Gasteiger partial charge is 0.252 e. The number of carbonyl (C=O) groups is 1. The zero-order valence-corrected chi connectivity index (χ0v) is 13.2. The van der Waals surface area contributed by atoms with Crippen LogP contribution < -0.4 is 5.32 Å². The van der Waals surface area contributed by atoms with Crippen LogP contribution in [0.2, 0.25) is 0 Å². The Morgan fingerprint density at radius 2 is 2.14 bits per heavy atom. The fraction of sp³-hybridized carbons (Fsp3) is 0.471. The van der Waals surface area contributed by atoms with Crippen LogP contribution in [0.5, 0.6) is 0 Å². The van der Waals surface area contributed by atoms with Gasteiger partial charge in [-0.25, -0.2) is 0 Å². The maximum atomic E-state index is 12.3. The number of amides is 1. The van der Waals surface area contributed by atoms with Crippen molar-refractivity contribution in [3.05, 3.63) is 34.9 Å². The van der Waals surface area contributed by atoms with Crippen LogP contribution in [-0.4, -0.2) is 48.7 Å². The molecule has 0 heterocycles. The van der Waals surface area contributed by atoms with Gasteiger partial charge in [0.2, 0.25) is 0 Å². The van der Waals surface area contributed by atoms with Crippen LogP contribution >= 0.6 is 0 Å². The summed E-state index contributed by atoms with van der Waals surface area (Å²) in [4.78, 5) is 14.4. The minimum Gasteiger partial charge on any atom is -0.384 e. The van der Waals surface area contributed by atoms with E-state index < -0.39 is 0 Å². The summed E-state index contributed by atoms with van der Waals surface area (Å²) in [5.74, 6) is 5.28. The maximum absolute atomic E-state index is 12.3. The second kappa shape index (κ2) is 8.46. The Morgan fingerprint density at radius 1 is 1.43 bits per heavy atom. The molecule has 0 bridgehead atoms. The Balaban J connectivity index is 2.75. The number of likely N-dealkylation sites (N-methyl/N-ethyl adjacent to an activating group) is 1. The zero-order chi connectivity index (χ0) is 15.8. The summed E-state index contributed by atoms with van der Waals surface area (Å²) in [5.41, 5.74) is 2.21. The first-order valence-electron chi connectivity index (χ1n) is 7.14. The van der Waals surface area contributed by atoms with Gasteiger partial charge in [0.25, 0.3) is 5.91 Å². The van der Waals surface area contributed by atoms with Crippen molar-refractivity contribution in [3.8, 4) is 11.8 Å². The Kier molecular flexibility index (Phi) is 6.93. The molecule has 0 spiro atoms. The predicted molar refractivity (Wildman–Crippen MR) is 85.2 cm³/mol. The summed E-state index contributed by atoms with van der Waals surface area (Å²) in [5, 5.41) is 11.7. The molecule has 2 N–H and O–H groups in total. The van der Waals surface area contributed by atoms with Crippen LogP contribution in [0.15, 0.2) is 18.2 Å². The lowest BCUT2D eigenvalue weighted by molar-refractivity contribution is 0.0947. The molecule has 0 saturated heterocycles. The van der Waals surface area contributed by atoms with Crippen LogP contribution in [-0.2, 0) is 0 Å². The third-order valence-electron chi connectivity index (χ3n) is 3.35. The molecule has 0 saturated carbocycles. The number of nitrogens with zero attached hydrogens (tertiary/aromatic N) is 1. The lowest BCUT2D eigenvalue weighted by Crippen LogP contribution is -2.36. The highest BCUT2D eigenvalue weighted by molar-refractivity contribution is 5.96. The number of hydrogen-bond donors (Lipinski definition) is 2. The molecule has 0 unspecified atom stereocenters. The highest BCUT2D eigenvalue weighted by Crippen LogP contribution is 2.10. The average molecular weight is 288 g/mol. The van der Waals surface area contributed by atoms with Gasteiger partial charge in [-0.3, -0.25) is 4.79 Å². The van der Waals surface area contributed by atoms with Gasteiger partial charge in [0.05, 0.1) is 5.56 Å². The van der Waals surface area contributed by atoms with Crippen LogP contribution in [0.4, 0.5) is 0 Å². The second-order valence-corrected chi connectivity index (χ2v) is 5.34. The molecule has 1 aromatic rings. The lowest BCUT2D eigenvalue weighted by Gasteiger charge is -2.21. The molecule has 21 heavy (non-hydrogen) atoms. The number of aliphatic hydroxyl groups is 1. The molecule has 0 aliphatic carbocycles. The summed E-state index contributed by atoms with van der Waals surface area (Å²) in [6.07, 6.45) is 0. The highest BCUT2D eigenvalue weighted by atomic mass is 16.2. The van der Waals surface area contributed by atoms with Gasteiger partial charge in [0.1, 0.15) is 6.61 Å². The number of nitrogens with one attached hydrogen (secondary N) is 1. The van der Waals surface area contributed by atoms with Gasteiger partial charge in [-0.05, 0) is 40.0 Å². The molecule has 4 nitrogen and oxygen atoms in total. The molecule has 0 aliphatic rings. The molecule has 114 valence electrons. The van der Waals surface area contributed by atoms with Crippen molar-refractivity contribution in [2.75, 3.05) is 26.7 Å². The van der Waals surface area contributed by atoms with Gasteiger partial charge >= 0.3 is 0 Å². The first kappa shape index (κ1) is 17.2. The van der Waals surface area contributed by atoms with E-state index >= 15 is 0 Å². The number of benzene rings is 1. The predicted octanol–water partition coefficient (Wildman–Crippen LogP) is 1.41. The van der Waals surface area contributed by atoms with Gasteiger partial charge in [-0.15, -0.1) is 0 Å². The molecule has 0 fully saturated rings.